The van der Waals surface area contributed by atoms with Crippen LogP contribution in [0.3, 0.4) is 0 Å². The summed E-state index contributed by atoms with van der Waals surface area (Å²) in [7, 11) is 0. The molecule has 5 nitrogen and oxygen atoms in total. The zero-order valence-electron chi connectivity index (χ0n) is 17.8. The quantitative estimate of drug-likeness (QED) is 0.340. The number of benzene rings is 2. The zero-order valence-corrected chi connectivity index (χ0v) is 17.8. The Kier molecular flexibility index (Phi) is 3.49. The fraction of sp³-hybridized carbons (Fsp3) is 0.308. The average molecular weight is 409 g/mol. The van der Waals surface area contributed by atoms with Crippen molar-refractivity contribution in [2.45, 2.75) is 44.4 Å². The Morgan fingerprint density at radius 2 is 1.58 bits per heavy atom. The highest BCUT2D eigenvalue weighted by Gasteiger charge is 2.74. The van der Waals surface area contributed by atoms with Crippen molar-refractivity contribution in [2.75, 3.05) is 0 Å². The average Bonchev–Trinajstić information content (AvgIpc) is 3.08. The minimum atomic E-state index is -0.842. The van der Waals surface area contributed by atoms with Gasteiger partial charge in [0.15, 0.2) is 5.75 Å². The standard InChI is InChI=1S/C26H23N3O2/c1-24(2)25(3)13-14-26(24,22-21(25)28-17-10-4-5-11-18(17)29-22)23(30)31-19-12-6-8-16-9-7-15-27-20(16)19/h4-12,15H,13-14H2,1-3H3. The summed E-state index contributed by atoms with van der Waals surface area (Å²) in [5, 5.41) is 0.943. The van der Waals surface area contributed by atoms with E-state index in [4.69, 9.17) is 14.7 Å². The number of pyridine rings is 1. The topological polar surface area (TPSA) is 65.0 Å². The van der Waals surface area contributed by atoms with Gasteiger partial charge in [-0.3, -0.25) is 9.78 Å². The van der Waals surface area contributed by atoms with Gasteiger partial charge >= 0.3 is 5.97 Å². The number of rotatable bonds is 2. The van der Waals surface area contributed by atoms with E-state index in [9.17, 15) is 4.79 Å². The van der Waals surface area contributed by atoms with Crippen molar-refractivity contribution in [1.29, 1.82) is 0 Å². The molecule has 2 atom stereocenters. The van der Waals surface area contributed by atoms with E-state index in [2.05, 4.69) is 25.8 Å². The van der Waals surface area contributed by atoms with Crippen LogP contribution in [0.5, 0.6) is 5.75 Å². The summed E-state index contributed by atoms with van der Waals surface area (Å²) >= 11 is 0. The normalized spacial score (nSPS) is 25.6. The first-order chi connectivity index (χ1) is 14.9. The summed E-state index contributed by atoms with van der Waals surface area (Å²) in [5.74, 6) is 0.229. The van der Waals surface area contributed by atoms with E-state index in [0.29, 0.717) is 17.7 Å². The second-order valence-corrected chi connectivity index (χ2v) is 9.49. The van der Waals surface area contributed by atoms with Crippen LogP contribution in [-0.4, -0.2) is 20.9 Å². The van der Waals surface area contributed by atoms with Crippen LogP contribution >= 0.6 is 0 Å². The Labute approximate surface area is 180 Å². The van der Waals surface area contributed by atoms with E-state index in [1.165, 1.54) is 0 Å². The van der Waals surface area contributed by atoms with E-state index in [1.54, 1.807) is 6.20 Å². The molecule has 1 saturated carbocycles. The van der Waals surface area contributed by atoms with E-state index in [-0.39, 0.29) is 16.8 Å². The van der Waals surface area contributed by atoms with Crippen LogP contribution in [0.4, 0.5) is 0 Å². The maximum atomic E-state index is 14.0. The van der Waals surface area contributed by atoms with Gasteiger partial charge in [0.25, 0.3) is 0 Å². The number of ether oxygens (including phenoxy) is 1. The van der Waals surface area contributed by atoms with Crippen molar-refractivity contribution in [3.05, 3.63) is 72.2 Å². The highest BCUT2D eigenvalue weighted by Crippen LogP contribution is 2.70. The molecular weight excluding hydrogens is 386 g/mol. The van der Waals surface area contributed by atoms with E-state index in [1.807, 2.05) is 54.6 Å². The third-order valence-electron chi connectivity index (χ3n) is 8.09. The molecule has 2 unspecified atom stereocenters. The van der Waals surface area contributed by atoms with Crippen molar-refractivity contribution in [3.63, 3.8) is 0 Å². The summed E-state index contributed by atoms with van der Waals surface area (Å²) in [6.07, 6.45) is 3.30. The van der Waals surface area contributed by atoms with Gasteiger partial charge in [0, 0.05) is 17.0 Å². The SMILES string of the molecule is CC12CCC(C(=O)Oc3cccc4cccnc34)(c3nc4ccccc4nc31)C2(C)C. The molecule has 2 aliphatic carbocycles. The first kappa shape index (κ1) is 18.4. The van der Waals surface area contributed by atoms with Gasteiger partial charge in [-0.2, -0.15) is 0 Å². The Morgan fingerprint density at radius 3 is 2.35 bits per heavy atom. The zero-order chi connectivity index (χ0) is 21.4. The lowest BCUT2D eigenvalue weighted by molar-refractivity contribution is -0.145. The number of aromatic nitrogens is 3. The fourth-order valence-corrected chi connectivity index (χ4v) is 5.84. The highest BCUT2D eigenvalue weighted by atomic mass is 16.5. The monoisotopic (exact) mass is 409 g/mol. The van der Waals surface area contributed by atoms with E-state index in [0.717, 1.165) is 34.2 Å². The molecule has 2 bridgehead atoms. The lowest BCUT2D eigenvalue weighted by Gasteiger charge is -2.38. The second kappa shape index (κ2) is 5.88. The Morgan fingerprint density at radius 1 is 0.871 bits per heavy atom. The molecule has 0 N–H and O–H groups in total. The molecule has 5 heteroatoms. The van der Waals surface area contributed by atoms with Gasteiger partial charge in [-0.05, 0) is 42.5 Å². The molecule has 2 aromatic heterocycles. The van der Waals surface area contributed by atoms with Crippen LogP contribution < -0.4 is 4.74 Å². The van der Waals surface area contributed by atoms with Gasteiger partial charge in [-0.1, -0.05) is 51.1 Å². The molecule has 31 heavy (non-hydrogen) atoms. The minimum absolute atomic E-state index is 0.241. The van der Waals surface area contributed by atoms with Crippen LogP contribution in [0.1, 0.15) is 45.0 Å². The van der Waals surface area contributed by atoms with Crippen molar-refractivity contribution in [3.8, 4) is 5.75 Å². The summed E-state index contributed by atoms with van der Waals surface area (Å²) in [4.78, 5) is 28.4. The predicted molar refractivity (Wildman–Crippen MR) is 119 cm³/mol. The van der Waals surface area contributed by atoms with E-state index < -0.39 is 5.41 Å². The van der Waals surface area contributed by atoms with Gasteiger partial charge in [-0.25, -0.2) is 9.97 Å². The third kappa shape index (κ3) is 2.11. The second-order valence-electron chi connectivity index (χ2n) is 9.49. The summed E-state index contributed by atoms with van der Waals surface area (Å²) in [6, 6.07) is 17.4. The number of hydrogen-bond acceptors (Lipinski definition) is 5. The third-order valence-corrected chi connectivity index (χ3v) is 8.09. The Balaban J connectivity index is 1.54. The number of carbonyl (C=O) groups excluding carboxylic acids is 1. The molecule has 0 radical (unpaired) electrons. The maximum absolute atomic E-state index is 14.0. The largest absolute Gasteiger partial charge is 0.423 e. The summed E-state index contributed by atoms with van der Waals surface area (Å²) < 4.78 is 6.11. The van der Waals surface area contributed by atoms with Gasteiger partial charge < -0.3 is 4.74 Å². The van der Waals surface area contributed by atoms with Crippen LogP contribution in [0, 0.1) is 5.41 Å². The van der Waals surface area contributed by atoms with Crippen LogP contribution in [-0.2, 0) is 15.6 Å². The van der Waals surface area contributed by atoms with Crippen LogP contribution in [0.15, 0.2) is 60.8 Å². The molecule has 0 spiro atoms. The van der Waals surface area contributed by atoms with Gasteiger partial charge in [0.05, 0.1) is 22.4 Å². The summed E-state index contributed by atoms with van der Waals surface area (Å²) in [5.41, 5.74) is 2.63. The van der Waals surface area contributed by atoms with Crippen molar-refractivity contribution >= 4 is 27.9 Å². The Bertz CT molecular complexity index is 1390. The molecule has 2 aliphatic rings. The van der Waals surface area contributed by atoms with Gasteiger partial charge in [0.2, 0.25) is 0 Å². The molecule has 2 heterocycles. The molecule has 0 amide bonds. The van der Waals surface area contributed by atoms with Crippen molar-refractivity contribution in [2.24, 2.45) is 5.41 Å². The predicted octanol–water partition coefficient (Wildman–Crippen LogP) is 5.11. The lowest BCUT2D eigenvalue weighted by atomic mass is 9.64. The van der Waals surface area contributed by atoms with Gasteiger partial charge in [0.1, 0.15) is 10.9 Å². The number of carbonyl (C=O) groups is 1. The molecule has 0 aliphatic heterocycles. The fourth-order valence-electron chi connectivity index (χ4n) is 5.84. The number of esters is 1. The first-order valence-corrected chi connectivity index (χ1v) is 10.7. The molecule has 1 fully saturated rings. The lowest BCUT2D eigenvalue weighted by Crippen LogP contribution is -2.48. The number of para-hydroxylation sites is 3. The van der Waals surface area contributed by atoms with Crippen LogP contribution in [0.25, 0.3) is 21.9 Å². The maximum Gasteiger partial charge on any atom is 0.324 e. The first-order valence-electron chi connectivity index (χ1n) is 10.7. The van der Waals surface area contributed by atoms with E-state index >= 15 is 0 Å². The molecular formula is C26H23N3O2. The molecule has 154 valence electrons. The Hall–Kier alpha value is -3.34. The number of hydrogen-bond donors (Lipinski definition) is 0. The van der Waals surface area contributed by atoms with Crippen LogP contribution in [0.2, 0.25) is 0 Å². The molecule has 6 rings (SSSR count). The highest BCUT2D eigenvalue weighted by molar-refractivity contribution is 5.93. The smallest absolute Gasteiger partial charge is 0.324 e. The molecule has 4 aromatic rings. The van der Waals surface area contributed by atoms with Gasteiger partial charge in [-0.15, -0.1) is 0 Å². The van der Waals surface area contributed by atoms with Crippen molar-refractivity contribution in [1.82, 2.24) is 15.0 Å². The molecule has 0 saturated heterocycles. The number of nitrogens with zero attached hydrogens (tertiary/aromatic N) is 3. The molecule has 2 aromatic carbocycles. The van der Waals surface area contributed by atoms with Crippen molar-refractivity contribution < 1.29 is 9.53 Å². The summed E-state index contributed by atoms with van der Waals surface area (Å²) in [6.45, 7) is 6.55. The minimum Gasteiger partial charge on any atom is -0.423 e. The number of fused-ring (bicyclic) bond motifs is 7.